The Labute approximate surface area is 172 Å². The quantitative estimate of drug-likeness (QED) is 0.338. The Morgan fingerprint density at radius 3 is 2.03 bits per heavy atom. The Kier molecular flexibility index (Phi) is 3.81. The number of para-hydroxylation sites is 4. The first-order valence-electron chi connectivity index (χ1n) is 9.93. The number of furan rings is 2. The summed E-state index contributed by atoms with van der Waals surface area (Å²) < 4.78 is 14.5. The van der Waals surface area contributed by atoms with Crippen molar-refractivity contribution in [2.75, 3.05) is 0 Å². The van der Waals surface area contributed by atoms with Gasteiger partial charge in [0.05, 0.1) is 22.9 Å². The van der Waals surface area contributed by atoms with Crippen LogP contribution in [0.15, 0.2) is 106 Å². The molecule has 3 aromatic carbocycles. The highest BCUT2D eigenvalue weighted by Gasteiger charge is 2.16. The highest BCUT2D eigenvalue weighted by molar-refractivity contribution is 5.88. The number of fused-ring (bicyclic) bond motifs is 3. The van der Waals surface area contributed by atoms with E-state index < -0.39 is 0 Å². The van der Waals surface area contributed by atoms with Crippen LogP contribution in [0, 0.1) is 0 Å². The second kappa shape index (κ2) is 6.78. The molecule has 144 valence electrons. The van der Waals surface area contributed by atoms with Crippen molar-refractivity contribution in [1.82, 2.24) is 9.55 Å². The number of hydrogen-bond acceptors (Lipinski definition) is 3. The van der Waals surface area contributed by atoms with Crippen LogP contribution in [-0.2, 0) is 6.54 Å². The third-order valence-corrected chi connectivity index (χ3v) is 5.40. The van der Waals surface area contributed by atoms with Crippen LogP contribution in [0.25, 0.3) is 38.5 Å². The van der Waals surface area contributed by atoms with E-state index in [1.807, 2.05) is 60.9 Å². The molecule has 0 aliphatic carbocycles. The lowest BCUT2D eigenvalue weighted by molar-refractivity contribution is 0.573. The summed E-state index contributed by atoms with van der Waals surface area (Å²) in [5, 5.41) is 2.14. The van der Waals surface area contributed by atoms with Crippen LogP contribution in [0.1, 0.15) is 11.5 Å². The van der Waals surface area contributed by atoms with Crippen molar-refractivity contribution in [2.24, 2.45) is 0 Å². The van der Waals surface area contributed by atoms with Gasteiger partial charge in [-0.15, -0.1) is 0 Å². The van der Waals surface area contributed by atoms with Gasteiger partial charge in [0.2, 0.25) is 0 Å². The van der Waals surface area contributed by atoms with Gasteiger partial charge < -0.3 is 13.4 Å². The van der Waals surface area contributed by atoms with Crippen LogP contribution in [0.3, 0.4) is 0 Å². The van der Waals surface area contributed by atoms with Gasteiger partial charge in [0.15, 0.2) is 0 Å². The molecule has 3 heterocycles. The summed E-state index contributed by atoms with van der Waals surface area (Å²) in [5.74, 6) is 1.58. The lowest BCUT2D eigenvalue weighted by Crippen LogP contribution is -1.95. The first kappa shape index (κ1) is 16.9. The first-order valence-corrected chi connectivity index (χ1v) is 9.93. The molecule has 30 heavy (non-hydrogen) atoms. The maximum atomic E-state index is 6.18. The Balaban J connectivity index is 1.49. The summed E-state index contributed by atoms with van der Waals surface area (Å²) in [4.78, 5) is 4.50. The minimum absolute atomic E-state index is 0.657. The van der Waals surface area contributed by atoms with Gasteiger partial charge in [-0.2, -0.15) is 0 Å². The van der Waals surface area contributed by atoms with Crippen molar-refractivity contribution in [1.29, 1.82) is 0 Å². The van der Waals surface area contributed by atoms with Crippen LogP contribution in [0.5, 0.6) is 0 Å². The van der Waals surface area contributed by atoms with Gasteiger partial charge in [0, 0.05) is 17.3 Å². The fourth-order valence-corrected chi connectivity index (χ4v) is 3.90. The molecule has 0 fully saturated rings. The van der Waals surface area contributed by atoms with E-state index in [1.165, 1.54) is 0 Å². The van der Waals surface area contributed by atoms with E-state index in [-0.39, 0.29) is 0 Å². The summed E-state index contributed by atoms with van der Waals surface area (Å²) in [6.45, 7) is 0.657. The fraction of sp³-hybridized carbons (Fsp3) is 0.0385. The smallest absolute Gasteiger partial charge is 0.138 e. The molecule has 0 atom stereocenters. The van der Waals surface area contributed by atoms with Crippen molar-refractivity contribution in [3.05, 3.63) is 109 Å². The molecule has 0 bridgehead atoms. The molecule has 6 rings (SSSR count). The molecule has 4 nitrogen and oxygen atoms in total. The molecule has 0 N–H and O–H groups in total. The molecule has 3 aromatic heterocycles. The molecular weight excluding hydrogens is 372 g/mol. The number of aromatic nitrogens is 2. The second-order valence-electron chi connectivity index (χ2n) is 7.30. The number of nitrogens with zero attached hydrogens (tertiary/aromatic N) is 2. The van der Waals surface area contributed by atoms with Gasteiger partial charge in [0.1, 0.15) is 22.7 Å². The van der Waals surface area contributed by atoms with Gasteiger partial charge in [-0.1, -0.05) is 54.6 Å². The molecule has 0 amide bonds. The number of benzene rings is 3. The van der Waals surface area contributed by atoms with Crippen molar-refractivity contribution in [2.45, 2.75) is 6.54 Å². The predicted molar refractivity (Wildman–Crippen MR) is 119 cm³/mol. The normalized spacial score (nSPS) is 11.5. The zero-order chi connectivity index (χ0) is 19.9. The zero-order valence-corrected chi connectivity index (χ0v) is 16.2. The molecule has 0 aliphatic heterocycles. The third kappa shape index (κ3) is 2.81. The van der Waals surface area contributed by atoms with E-state index in [4.69, 9.17) is 8.83 Å². The van der Waals surface area contributed by atoms with Crippen LogP contribution >= 0.6 is 0 Å². The highest BCUT2D eigenvalue weighted by Crippen LogP contribution is 2.33. The lowest BCUT2D eigenvalue weighted by Gasteiger charge is -2.04. The Bertz CT molecular complexity index is 1390. The van der Waals surface area contributed by atoms with E-state index in [0.717, 1.165) is 50.1 Å². The summed E-state index contributed by atoms with van der Waals surface area (Å²) >= 11 is 0. The molecule has 0 saturated carbocycles. The van der Waals surface area contributed by atoms with Crippen molar-refractivity contribution in [3.8, 4) is 0 Å². The molecule has 0 spiro atoms. The Morgan fingerprint density at radius 1 is 0.767 bits per heavy atom. The van der Waals surface area contributed by atoms with E-state index in [9.17, 15) is 0 Å². The van der Waals surface area contributed by atoms with Crippen LogP contribution < -0.4 is 0 Å². The molecule has 0 unspecified atom stereocenters. The van der Waals surface area contributed by atoms with E-state index in [0.29, 0.717) is 6.54 Å². The molecule has 4 heteroatoms. The number of allylic oxidation sites excluding steroid dienone is 1. The van der Waals surface area contributed by atoms with Gasteiger partial charge in [-0.3, -0.25) is 0 Å². The maximum absolute atomic E-state index is 6.18. The minimum Gasteiger partial charge on any atom is -0.456 e. The summed E-state index contributed by atoms with van der Waals surface area (Å²) in [5.41, 5.74) is 4.74. The van der Waals surface area contributed by atoms with Crippen LogP contribution in [0.4, 0.5) is 0 Å². The third-order valence-electron chi connectivity index (χ3n) is 5.40. The molecule has 6 aromatic rings. The monoisotopic (exact) mass is 390 g/mol. The van der Waals surface area contributed by atoms with Crippen molar-refractivity contribution < 1.29 is 8.83 Å². The average Bonchev–Trinajstić information content (AvgIpc) is 3.50. The Hall–Kier alpha value is -4.05. The fourth-order valence-electron chi connectivity index (χ4n) is 3.90. The van der Waals surface area contributed by atoms with Crippen LogP contribution in [0.2, 0.25) is 0 Å². The van der Waals surface area contributed by atoms with Gasteiger partial charge in [-0.05, 0) is 36.4 Å². The first-order chi connectivity index (χ1) is 14.8. The molecule has 0 saturated heterocycles. The number of rotatable bonds is 4. The standard InChI is InChI=1S/C26H18N2O2/c1-5-11-23-18(7-1)15-25(29-23)20(26-16-19-8-2-6-12-24(19)30-26)13-14-28-17-27-21-9-3-4-10-22(21)28/h1-13,15-17H,14H2. The van der Waals surface area contributed by atoms with E-state index >= 15 is 0 Å². The van der Waals surface area contributed by atoms with Gasteiger partial charge >= 0.3 is 0 Å². The van der Waals surface area contributed by atoms with Gasteiger partial charge in [-0.25, -0.2) is 4.98 Å². The number of hydrogen-bond donors (Lipinski definition) is 0. The predicted octanol–water partition coefficient (Wildman–Crippen LogP) is 6.66. The number of imidazole rings is 1. The second-order valence-corrected chi connectivity index (χ2v) is 7.30. The van der Waals surface area contributed by atoms with Crippen molar-refractivity contribution in [3.63, 3.8) is 0 Å². The summed E-state index contributed by atoms with van der Waals surface area (Å²) in [6, 6.07) is 28.4. The van der Waals surface area contributed by atoms with Crippen LogP contribution in [-0.4, -0.2) is 9.55 Å². The maximum Gasteiger partial charge on any atom is 0.138 e. The summed E-state index contributed by atoms with van der Waals surface area (Å²) in [7, 11) is 0. The Morgan fingerprint density at radius 2 is 1.37 bits per heavy atom. The average molecular weight is 390 g/mol. The molecular formula is C26H18N2O2. The van der Waals surface area contributed by atoms with E-state index in [2.05, 4.69) is 46.0 Å². The highest BCUT2D eigenvalue weighted by atomic mass is 16.4. The minimum atomic E-state index is 0.657. The zero-order valence-electron chi connectivity index (χ0n) is 16.2. The molecule has 0 radical (unpaired) electrons. The van der Waals surface area contributed by atoms with E-state index in [1.54, 1.807) is 0 Å². The van der Waals surface area contributed by atoms with Crippen molar-refractivity contribution >= 4 is 38.5 Å². The van der Waals surface area contributed by atoms with Gasteiger partial charge in [0.25, 0.3) is 0 Å². The largest absolute Gasteiger partial charge is 0.456 e. The topological polar surface area (TPSA) is 44.1 Å². The summed E-state index contributed by atoms with van der Waals surface area (Å²) in [6.07, 6.45) is 4.01. The SMILES string of the molecule is C(Cn1cnc2ccccc21)=C(c1cc2ccccc2o1)c1cc2ccccc2o1. The molecule has 0 aliphatic rings. The lowest BCUT2D eigenvalue weighted by atomic mass is 10.1.